The minimum absolute atomic E-state index is 0.418. The van der Waals surface area contributed by atoms with Crippen molar-refractivity contribution >= 4 is 74.3 Å². The van der Waals surface area contributed by atoms with Gasteiger partial charge in [-0.05, 0) is 75.1 Å². The number of hydrogen-bond acceptors (Lipinski definition) is 5. The first-order chi connectivity index (χ1) is 23.2. The van der Waals surface area contributed by atoms with Crippen LogP contribution in [0.25, 0.3) is 43.9 Å². The Balaban J connectivity index is 1.18. The molecule has 0 atom stereocenters. The highest BCUT2D eigenvalue weighted by Crippen LogP contribution is 2.37. The largest absolute Gasteiger partial charge is 0.494 e. The van der Waals surface area contributed by atoms with Gasteiger partial charge in [0, 0.05) is 45.9 Å². The maximum atomic E-state index is 6.33. The first kappa shape index (κ1) is 30.1. The van der Waals surface area contributed by atoms with E-state index in [2.05, 4.69) is 57.0 Å². The summed E-state index contributed by atoms with van der Waals surface area (Å²) in [4.78, 5) is 14.5. The fourth-order valence-electron chi connectivity index (χ4n) is 6.11. The molecular formula is C40H34BN3O4. The molecule has 0 saturated carbocycles. The van der Waals surface area contributed by atoms with Gasteiger partial charge in [-0.2, -0.15) is 0 Å². The molecule has 8 rings (SSSR count). The van der Waals surface area contributed by atoms with E-state index >= 15 is 0 Å². The van der Waals surface area contributed by atoms with Crippen molar-refractivity contribution in [3.05, 3.63) is 126 Å². The molecule has 0 amide bonds. The molecule has 5 aromatic carbocycles. The first-order valence-electron chi connectivity index (χ1n) is 16.1. The Morgan fingerprint density at radius 3 is 1.85 bits per heavy atom. The van der Waals surface area contributed by atoms with Gasteiger partial charge in [-0.1, -0.05) is 72.8 Å². The molecule has 0 bridgehead atoms. The molecule has 0 N–H and O–H groups in total. The summed E-state index contributed by atoms with van der Waals surface area (Å²) in [7, 11) is 1.28. The Labute approximate surface area is 278 Å². The molecule has 1 saturated heterocycles. The number of nitrogens with zero attached hydrogens (tertiary/aromatic N) is 3. The van der Waals surface area contributed by atoms with Gasteiger partial charge in [0.2, 0.25) is 0 Å². The monoisotopic (exact) mass is 631 g/mol. The third kappa shape index (κ3) is 5.23. The van der Waals surface area contributed by atoms with Crippen molar-refractivity contribution in [2.75, 3.05) is 7.05 Å². The summed E-state index contributed by atoms with van der Waals surface area (Å²) in [5.74, 6) is 1.04. The van der Waals surface area contributed by atoms with Crippen LogP contribution in [0.3, 0.4) is 0 Å². The Hall–Kier alpha value is -5.31. The lowest BCUT2D eigenvalue weighted by molar-refractivity contribution is 0.00578. The van der Waals surface area contributed by atoms with E-state index in [1.54, 1.807) is 7.05 Å². The van der Waals surface area contributed by atoms with Crippen molar-refractivity contribution in [3.63, 3.8) is 0 Å². The van der Waals surface area contributed by atoms with E-state index in [0.29, 0.717) is 11.7 Å². The summed E-state index contributed by atoms with van der Waals surface area (Å²) in [6.07, 6.45) is 1.81. The van der Waals surface area contributed by atoms with E-state index in [0.717, 1.165) is 66.0 Å². The molecule has 0 radical (unpaired) electrons. The molecule has 7 nitrogen and oxygen atoms in total. The predicted octanol–water partition coefficient (Wildman–Crippen LogP) is 8.73. The van der Waals surface area contributed by atoms with E-state index in [-0.39, 0.29) is 0 Å². The molecule has 1 aliphatic rings. The van der Waals surface area contributed by atoms with E-state index in [9.17, 15) is 0 Å². The van der Waals surface area contributed by atoms with Crippen LogP contribution in [0.2, 0.25) is 0 Å². The molecule has 1 aliphatic heterocycles. The Morgan fingerprint density at radius 2 is 1.17 bits per heavy atom. The minimum atomic E-state index is -0.453. The summed E-state index contributed by atoms with van der Waals surface area (Å²) < 4.78 is 25.2. The number of rotatable bonds is 4. The van der Waals surface area contributed by atoms with Crippen molar-refractivity contribution in [2.24, 2.45) is 15.0 Å². The lowest BCUT2D eigenvalue weighted by atomic mass is 9.78. The molecule has 0 aliphatic carbocycles. The highest BCUT2D eigenvalue weighted by Gasteiger charge is 2.51. The van der Waals surface area contributed by atoms with Gasteiger partial charge < -0.3 is 18.1 Å². The van der Waals surface area contributed by atoms with Gasteiger partial charge in [-0.3, -0.25) is 4.99 Å². The zero-order chi connectivity index (χ0) is 33.0. The van der Waals surface area contributed by atoms with Crippen LogP contribution < -0.4 is 5.46 Å². The molecule has 2 aromatic heterocycles. The quantitative estimate of drug-likeness (QED) is 0.111. The van der Waals surface area contributed by atoms with Gasteiger partial charge in [0.1, 0.15) is 22.3 Å². The van der Waals surface area contributed by atoms with Crippen LogP contribution in [0, 0.1) is 0 Å². The van der Waals surface area contributed by atoms with E-state index in [1.807, 2.05) is 91.1 Å². The normalized spacial score (nSPS) is 16.7. The van der Waals surface area contributed by atoms with Crippen LogP contribution >= 0.6 is 0 Å². The van der Waals surface area contributed by atoms with Gasteiger partial charge in [-0.15, -0.1) is 0 Å². The van der Waals surface area contributed by atoms with Crippen molar-refractivity contribution in [1.29, 1.82) is 0 Å². The number of para-hydroxylation sites is 1. The van der Waals surface area contributed by atoms with Crippen LogP contribution in [0.1, 0.15) is 44.4 Å². The standard InChI is InChI=1S/C40H34BN3O4/c1-39(2)40(3,4)48-41(47-39)28-17-20-34-32(23-28)31-19-15-26(21-36(31)46-34)37(42-5)44-38(43-24-25-11-7-6-8-12-25)27-16-18-30-29-13-9-10-14-33(29)45-35(30)22-27/h6-24H,1-5H3/b42-37-,43-24+,44-38-. The van der Waals surface area contributed by atoms with Crippen molar-refractivity contribution in [3.8, 4) is 0 Å². The summed E-state index contributed by atoms with van der Waals surface area (Å²) >= 11 is 0. The number of aliphatic imine (C=N–C) groups is 3. The number of fused-ring (bicyclic) bond motifs is 6. The second-order valence-electron chi connectivity index (χ2n) is 13.1. The number of amidine groups is 2. The summed E-state index contributed by atoms with van der Waals surface area (Å²) in [5.41, 5.74) is 5.85. The zero-order valence-electron chi connectivity index (χ0n) is 27.5. The fourth-order valence-corrected chi connectivity index (χ4v) is 6.11. The SMILES string of the molecule is C\N=C(/N=C(\N=C\c1ccccc1)c1ccc2c(c1)oc1ccccc12)c1ccc2c(c1)oc1ccc(B3OC(C)(C)C(C)(C)O3)cc12. The van der Waals surface area contributed by atoms with E-state index < -0.39 is 18.3 Å². The maximum Gasteiger partial charge on any atom is 0.494 e. The molecular weight excluding hydrogens is 597 g/mol. The van der Waals surface area contributed by atoms with E-state index in [4.69, 9.17) is 28.1 Å². The highest BCUT2D eigenvalue weighted by molar-refractivity contribution is 6.62. The Morgan fingerprint density at radius 1 is 0.583 bits per heavy atom. The molecule has 1 fully saturated rings. The fraction of sp³-hybridized carbons (Fsp3) is 0.175. The Kier molecular flexibility index (Phi) is 7.16. The van der Waals surface area contributed by atoms with Crippen LogP contribution in [0.5, 0.6) is 0 Å². The molecule has 0 spiro atoms. The molecule has 0 unspecified atom stereocenters. The average Bonchev–Trinajstić information content (AvgIpc) is 3.72. The number of hydrogen-bond donors (Lipinski definition) is 0. The first-order valence-corrected chi connectivity index (χ1v) is 16.1. The van der Waals surface area contributed by atoms with Crippen LogP contribution in [-0.4, -0.2) is 43.3 Å². The third-order valence-corrected chi connectivity index (χ3v) is 9.47. The summed E-state index contributed by atoms with van der Waals surface area (Å²) in [6, 6.07) is 36.2. The molecule has 8 heteroatoms. The van der Waals surface area contributed by atoms with Gasteiger partial charge in [0.15, 0.2) is 11.7 Å². The smallest absolute Gasteiger partial charge is 0.456 e. The average molecular weight is 632 g/mol. The second-order valence-corrected chi connectivity index (χ2v) is 13.1. The number of furan rings is 2. The third-order valence-electron chi connectivity index (χ3n) is 9.47. The predicted molar refractivity (Wildman–Crippen MR) is 196 cm³/mol. The van der Waals surface area contributed by atoms with Gasteiger partial charge in [0.25, 0.3) is 0 Å². The minimum Gasteiger partial charge on any atom is -0.456 e. The van der Waals surface area contributed by atoms with Gasteiger partial charge in [-0.25, -0.2) is 9.98 Å². The molecule has 236 valence electrons. The summed E-state index contributed by atoms with van der Waals surface area (Å²) in [6.45, 7) is 8.24. The lowest BCUT2D eigenvalue weighted by Gasteiger charge is -2.32. The second kappa shape index (κ2) is 11.4. The zero-order valence-corrected chi connectivity index (χ0v) is 27.5. The molecule has 3 heterocycles. The highest BCUT2D eigenvalue weighted by atomic mass is 16.7. The van der Waals surface area contributed by atoms with E-state index in [1.165, 1.54) is 0 Å². The van der Waals surface area contributed by atoms with Crippen LogP contribution in [0.15, 0.2) is 133 Å². The van der Waals surface area contributed by atoms with Crippen molar-refractivity contribution in [1.82, 2.24) is 0 Å². The Bertz CT molecular complexity index is 2420. The van der Waals surface area contributed by atoms with Crippen molar-refractivity contribution < 1.29 is 18.1 Å². The topological polar surface area (TPSA) is 81.8 Å². The van der Waals surface area contributed by atoms with Gasteiger partial charge in [0.05, 0.1) is 11.2 Å². The van der Waals surface area contributed by atoms with Crippen LogP contribution in [0.4, 0.5) is 0 Å². The maximum absolute atomic E-state index is 6.33. The van der Waals surface area contributed by atoms with Gasteiger partial charge >= 0.3 is 7.12 Å². The van der Waals surface area contributed by atoms with Crippen LogP contribution in [-0.2, 0) is 9.31 Å². The van der Waals surface area contributed by atoms with Crippen molar-refractivity contribution in [2.45, 2.75) is 38.9 Å². The summed E-state index contributed by atoms with van der Waals surface area (Å²) in [5, 5.41) is 4.10. The number of benzene rings is 5. The lowest BCUT2D eigenvalue weighted by Crippen LogP contribution is -2.41. The molecule has 7 aromatic rings. The molecule has 48 heavy (non-hydrogen) atoms.